The number of rotatable bonds is 7. The van der Waals surface area contributed by atoms with Crippen LogP contribution in [0.2, 0.25) is 0 Å². The predicted octanol–water partition coefficient (Wildman–Crippen LogP) is 2.71. The molecule has 0 aliphatic carbocycles. The number of aromatic nitrogens is 5. The van der Waals surface area contributed by atoms with Gasteiger partial charge in [0.2, 0.25) is 5.95 Å². The van der Waals surface area contributed by atoms with Crippen LogP contribution in [0.4, 0.5) is 27.8 Å². The second kappa shape index (κ2) is 9.60. The van der Waals surface area contributed by atoms with E-state index in [4.69, 9.17) is 5.10 Å². The zero-order valence-corrected chi connectivity index (χ0v) is 23.2. The number of fused-ring (bicyclic) bond motifs is 1. The molecule has 0 unspecified atom stereocenters. The number of hydrogen-bond donors (Lipinski definition) is 2. The van der Waals surface area contributed by atoms with E-state index < -0.39 is 21.6 Å². The van der Waals surface area contributed by atoms with Crippen molar-refractivity contribution in [2.24, 2.45) is 5.92 Å². The molecule has 206 valence electrons. The van der Waals surface area contributed by atoms with Crippen molar-refractivity contribution in [2.45, 2.75) is 58.0 Å². The third-order valence-corrected chi connectivity index (χ3v) is 8.54. The van der Waals surface area contributed by atoms with Crippen molar-refractivity contribution in [3.8, 4) is 0 Å². The van der Waals surface area contributed by atoms with Gasteiger partial charge >= 0.3 is 0 Å². The molecule has 0 saturated carbocycles. The minimum atomic E-state index is -3.04. The monoisotopic (exact) mass is 546 g/mol. The lowest BCUT2D eigenvalue weighted by Crippen LogP contribution is -2.57. The highest BCUT2D eigenvalue weighted by Crippen LogP contribution is 2.37. The van der Waals surface area contributed by atoms with Gasteiger partial charge in [0.05, 0.1) is 29.3 Å². The van der Waals surface area contributed by atoms with Crippen LogP contribution in [0.25, 0.3) is 10.9 Å². The number of pyridine rings is 1. The highest BCUT2D eigenvalue weighted by molar-refractivity contribution is 7.90. The Bertz CT molecular complexity index is 1440. The van der Waals surface area contributed by atoms with Crippen LogP contribution >= 0.6 is 0 Å². The van der Waals surface area contributed by atoms with Crippen LogP contribution in [0.3, 0.4) is 0 Å². The van der Waals surface area contributed by atoms with Gasteiger partial charge in [-0.2, -0.15) is 10.1 Å². The summed E-state index contributed by atoms with van der Waals surface area (Å²) in [6.07, 6.45) is 3.96. The Balaban J connectivity index is 1.38. The number of alkyl halides is 1. The lowest BCUT2D eigenvalue weighted by atomic mass is 9.91. The minimum Gasteiger partial charge on any atom is -0.390 e. The van der Waals surface area contributed by atoms with Crippen molar-refractivity contribution in [2.75, 3.05) is 46.8 Å². The molecule has 2 aliphatic rings. The number of nitrogens with one attached hydrogen (secondary N) is 1. The average Bonchev–Trinajstić information content (AvgIpc) is 3.21. The van der Waals surface area contributed by atoms with Crippen molar-refractivity contribution in [3.63, 3.8) is 0 Å². The topological polar surface area (TPSA) is 129 Å². The maximum absolute atomic E-state index is 14.7. The molecule has 5 rings (SSSR count). The molecule has 3 aromatic rings. The summed E-state index contributed by atoms with van der Waals surface area (Å²) < 4.78 is 40.2. The molecule has 0 bridgehead atoms. The summed E-state index contributed by atoms with van der Waals surface area (Å²) in [4.78, 5) is 17.3. The second-order valence-electron chi connectivity index (χ2n) is 11.1. The molecule has 2 aliphatic heterocycles. The molecular formula is C25H35FN8O3S. The van der Waals surface area contributed by atoms with Gasteiger partial charge in [-0.25, -0.2) is 22.8 Å². The fourth-order valence-electron chi connectivity index (χ4n) is 5.25. The molecule has 5 heterocycles. The van der Waals surface area contributed by atoms with Gasteiger partial charge in [0.15, 0.2) is 11.5 Å². The Hall–Kier alpha value is -3.06. The Labute approximate surface area is 222 Å². The zero-order chi connectivity index (χ0) is 27.4. The number of aliphatic hydroxyl groups is 1. The van der Waals surface area contributed by atoms with Crippen molar-refractivity contribution in [1.82, 2.24) is 24.7 Å². The first-order chi connectivity index (χ1) is 17.8. The SMILES string of the molecule is CC(C)n1nc(N2C[C@H](CS(C)(=O)=O)[C@H]2C)c2cnc(Nc3ccnc(N4CC[C@@H](O)[C@@](C)(F)C4)n3)cc21. The van der Waals surface area contributed by atoms with Gasteiger partial charge in [-0.05, 0) is 40.2 Å². The maximum atomic E-state index is 14.7. The number of halogens is 1. The highest BCUT2D eigenvalue weighted by atomic mass is 32.2. The molecule has 3 aromatic heterocycles. The Morgan fingerprint density at radius 2 is 2.05 bits per heavy atom. The van der Waals surface area contributed by atoms with E-state index in [-0.39, 0.29) is 30.3 Å². The lowest BCUT2D eigenvalue weighted by Gasteiger charge is -2.46. The van der Waals surface area contributed by atoms with Gasteiger partial charge in [0.25, 0.3) is 0 Å². The Morgan fingerprint density at radius 3 is 2.71 bits per heavy atom. The maximum Gasteiger partial charge on any atom is 0.227 e. The van der Waals surface area contributed by atoms with E-state index in [2.05, 4.69) is 39.0 Å². The number of sulfone groups is 1. The van der Waals surface area contributed by atoms with Gasteiger partial charge in [0.1, 0.15) is 21.5 Å². The number of hydrogen-bond acceptors (Lipinski definition) is 10. The number of piperidine rings is 1. The van der Waals surface area contributed by atoms with E-state index in [1.807, 2.05) is 17.7 Å². The molecule has 2 saturated heterocycles. The Kier molecular flexibility index (Phi) is 6.70. The molecule has 0 amide bonds. The molecular weight excluding hydrogens is 511 g/mol. The van der Waals surface area contributed by atoms with Crippen LogP contribution in [-0.2, 0) is 9.84 Å². The van der Waals surface area contributed by atoms with Crippen LogP contribution in [0.1, 0.15) is 40.2 Å². The van der Waals surface area contributed by atoms with E-state index in [1.165, 1.54) is 13.2 Å². The van der Waals surface area contributed by atoms with E-state index in [0.29, 0.717) is 37.1 Å². The average molecular weight is 547 g/mol. The van der Waals surface area contributed by atoms with Gasteiger partial charge in [-0.3, -0.25) is 4.68 Å². The summed E-state index contributed by atoms with van der Waals surface area (Å²) >= 11 is 0. The molecule has 2 N–H and O–H groups in total. The molecule has 38 heavy (non-hydrogen) atoms. The summed E-state index contributed by atoms with van der Waals surface area (Å²) in [5.41, 5.74) is -0.831. The summed E-state index contributed by atoms with van der Waals surface area (Å²) in [6.45, 7) is 8.64. The van der Waals surface area contributed by atoms with Gasteiger partial charge in [-0.1, -0.05) is 0 Å². The third kappa shape index (κ3) is 5.13. The van der Waals surface area contributed by atoms with E-state index in [0.717, 1.165) is 16.7 Å². The third-order valence-electron chi connectivity index (χ3n) is 7.50. The summed E-state index contributed by atoms with van der Waals surface area (Å²) in [7, 11) is -3.04. The number of anilines is 4. The first-order valence-corrected chi connectivity index (χ1v) is 14.9. The quantitative estimate of drug-likeness (QED) is 0.456. The van der Waals surface area contributed by atoms with Crippen LogP contribution in [0.5, 0.6) is 0 Å². The fourth-order valence-corrected chi connectivity index (χ4v) is 6.41. The zero-order valence-electron chi connectivity index (χ0n) is 22.3. The second-order valence-corrected chi connectivity index (χ2v) is 13.2. The van der Waals surface area contributed by atoms with Crippen LogP contribution < -0.4 is 15.1 Å². The first kappa shape index (κ1) is 26.5. The molecule has 0 radical (unpaired) electrons. The van der Waals surface area contributed by atoms with E-state index in [1.54, 1.807) is 23.4 Å². The van der Waals surface area contributed by atoms with Crippen LogP contribution in [0, 0.1) is 5.92 Å². The van der Waals surface area contributed by atoms with Crippen molar-refractivity contribution in [3.05, 3.63) is 24.5 Å². The van der Waals surface area contributed by atoms with E-state index in [9.17, 15) is 17.9 Å². The summed E-state index contributed by atoms with van der Waals surface area (Å²) in [5, 5.41) is 18.9. The van der Waals surface area contributed by atoms with Gasteiger partial charge < -0.3 is 20.2 Å². The van der Waals surface area contributed by atoms with Crippen LogP contribution in [-0.4, -0.2) is 87.7 Å². The molecule has 0 aromatic carbocycles. The smallest absolute Gasteiger partial charge is 0.227 e. The molecule has 4 atom stereocenters. The highest BCUT2D eigenvalue weighted by Gasteiger charge is 2.41. The summed E-state index contributed by atoms with van der Waals surface area (Å²) in [6, 6.07) is 3.79. The largest absolute Gasteiger partial charge is 0.390 e. The molecule has 2 fully saturated rings. The number of nitrogens with zero attached hydrogens (tertiary/aromatic N) is 7. The van der Waals surface area contributed by atoms with Gasteiger partial charge in [0, 0.05) is 55.8 Å². The predicted molar refractivity (Wildman–Crippen MR) is 146 cm³/mol. The molecule has 13 heteroatoms. The molecule has 0 spiro atoms. The van der Waals surface area contributed by atoms with Crippen molar-refractivity contribution in [1.29, 1.82) is 0 Å². The summed E-state index contributed by atoms with van der Waals surface area (Å²) in [5.74, 6) is 2.52. The Morgan fingerprint density at radius 1 is 1.29 bits per heavy atom. The first-order valence-electron chi connectivity index (χ1n) is 12.9. The fraction of sp³-hybridized carbons (Fsp3) is 0.600. The molecule has 11 nitrogen and oxygen atoms in total. The van der Waals surface area contributed by atoms with Crippen molar-refractivity contribution >= 4 is 44.1 Å². The minimum absolute atomic E-state index is 0.0120. The van der Waals surface area contributed by atoms with Crippen molar-refractivity contribution < 1.29 is 17.9 Å². The number of aliphatic hydroxyl groups excluding tert-OH is 1. The standard InChI is InChI=1S/C25H35FN8O3S/c1-15(2)34-19-10-22(28-11-18(19)23(31-34)33-12-17(16(33)3)13-38(5,36)37)29-21-6-8-27-24(30-21)32-9-7-20(35)25(4,26)14-32/h6,8,10-11,15-17,20,35H,7,9,12-14H2,1-5H3,(H,27,28,29,30)/t16-,17-,20-,25+/m1/s1. The van der Waals surface area contributed by atoms with E-state index >= 15 is 0 Å². The lowest BCUT2D eigenvalue weighted by molar-refractivity contribution is -0.00860. The van der Waals surface area contributed by atoms with Crippen LogP contribution in [0.15, 0.2) is 24.5 Å². The van der Waals surface area contributed by atoms with Gasteiger partial charge in [-0.15, -0.1) is 0 Å². The normalized spacial score (nSPS) is 26.2.